The molecule has 4 aromatic rings. The molecule has 1 fully saturated rings. The van der Waals surface area contributed by atoms with E-state index < -0.39 is 17.8 Å². The number of imide groups is 2. The van der Waals surface area contributed by atoms with E-state index in [1.807, 2.05) is 56.3 Å². The van der Waals surface area contributed by atoms with Gasteiger partial charge in [0.2, 0.25) is 0 Å². The van der Waals surface area contributed by atoms with Crippen molar-refractivity contribution in [1.82, 2.24) is 5.32 Å². The smallest absolute Gasteiger partial charge is 0.335 e. The predicted molar refractivity (Wildman–Crippen MR) is 158 cm³/mol. The van der Waals surface area contributed by atoms with E-state index in [9.17, 15) is 14.4 Å². The topological polar surface area (TPSA) is 84.9 Å². The number of aryl methyl sites for hydroxylation is 2. The fraction of sp³-hybridized carbons (Fsp3) is 0.121. The molecule has 0 aliphatic carbocycles. The number of halogens is 1. The molecule has 206 valence electrons. The normalized spacial score (nSPS) is 14.3. The van der Waals surface area contributed by atoms with Crippen LogP contribution in [0, 0.1) is 13.8 Å². The maximum atomic E-state index is 13.5. The first-order valence-corrected chi connectivity index (χ1v) is 13.3. The molecular formula is C33H27ClN2O5. The van der Waals surface area contributed by atoms with Crippen LogP contribution in [-0.4, -0.2) is 17.8 Å². The van der Waals surface area contributed by atoms with Crippen molar-refractivity contribution in [3.05, 3.63) is 129 Å². The Balaban J connectivity index is 1.37. The van der Waals surface area contributed by atoms with E-state index >= 15 is 0 Å². The van der Waals surface area contributed by atoms with Gasteiger partial charge in [0.05, 0.1) is 5.69 Å². The van der Waals surface area contributed by atoms with Crippen molar-refractivity contribution >= 4 is 41.2 Å². The van der Waals surface area contributed by atoms with Crippen molar-refractivity contribution in [3.8, 4) is 11.5 Å². The van der Waals surface area contributed by atoms with E-state index in [-0.39, 0.29) is 17.9 Å². The average Bonchev–Trinajstić information content (AvgIpc) is 2.94. The number of ether oxygens (including phenoxy) is 2. The number of barbiturate groups is 1. The molecule has 1 saturated heterocycles. The predicted octanol–water partition coefficient (Wildman–Crippen LogP) is 6.78. The molecule has 41 heavy (non-hydrogen) atoms. The Labute approximate surface area is 243 Å². The highest BCUT2D eigenvalue weighted by Crippen LogP contribution is 2.29. The third-order valence-corrected chi connectivity index (χ3v) is 6.63. The lowest BCUT2D eigenvalue weighted by molar-refractivity contribution is -0.122. The summed E-state index contributed by atoms with van der Waals surface area (Å²) >= 11 is 6.25. The number of anilines is 1. The van der Waals surface area contributed by atoms with Crippen molar-refractivity contribution in [1.29, 1.82) is 0 Å². The second-order valence-electron chi connectivity index (χ2n) is 9.69. The van der Waals surface area contributed by atoms with Gasteiger partial charge in [-0.1, -0.05) is 71.3 Å². The Morgan fingerprint density at radius 2 is 1.46 bits per heavy atom. The first kappa shape index (κ1) is 27.7. The molecule has 0 aromatic heterocycles. The molecular weight excluding hydrogens is 540 g/mol. The molecule has 1 aliphatic rings. The molecule has 5 rings (SSSR count). The Morgan fingerprint density at radius 3 is 2.17 bits per heavy atom. The SMILES string of the molecule is Cc1cc(C)cc(COc2ccc(Cl)cc2/C=C2\C(=O)NC(=O)N(c3ccc(OCc4ccccc4)cc3)C2=O)c1. The van der Waals surface area contributed by atoms with Crippen LogP contribution in [0.4, 0.5) is 10.5 Å². The molecule has 0 atom stereocenters. The Morgan fingerprint density at radius 1 is 0.780 bits per heavy atom. The third-order valence-electron chi connectivity index (χ3n) is 6.39. The third kappa shape index (κ3) is 6.65. The number of carbonyl (C=O) groups is 3. The van der Waals surface area contributed by atoms with Crippen molar-refractivity contribution in [2.24, 2.45) is 0 Å². The molecule has 0 unspecified atom stereocenters. The van der Waals surface area contributed by atoms with E-state index in [1.54, 1.807) is 42.5 Å². The first-order chi connectivity index (χ1) is 19.8. The highest BCUT2D eigenvalue weighted by Gasteiger charge is 2.37. The summed E-state index contributed by atoms with van der Waals surface area (Å²) in [6, 6.07) is 26.4. The van der Waals surface area contributed by atoms with Gasteiger partial charge in [0, 0.05) is 10.6 Å². The lowest BCUT2D eigenvalue weighted by atomic mass is 10.1. The Bertz CT molecular complexity index is 1630. The number of rotatable bonds is 8. The van der Waals surface area contributed by atoms with Crippen molar-refractivity contribution in [2.45, 2.75) is 27.1 Å². The van der Waals surface area contributed by atoms with Crippen LogP contribution in [0.1, 0.15) is 27.8 Å². The van der Waals surface area contributed by atoms with Gasteiger partial charge in [0.25, 0.3) is 11.8 Å². The monoisotopic (exact) mass is 566 g/mol. The molecule has 4 amide bonds. The van der Waals surface area contributed by atoms with E-state index in [4.69, 9.17) is 21.1 Å². The quantitative estimate of drug-likeness (QED) is 0.188. The van der Waals surface area contributed by atoms with Crippen LogP contribution >= 0.6 is 11.6 Å². The summed E-state index contributed by atoms with van der Waals surface area (Å²) in [7, 11) is 0. The van der Waals surface area contributed by atoms with Gasteiger partial charge in [-0.2, -0.15) is 0 Å². The zero-order valence-corrected chi connectivity index (χ0v) is 23.3. The highest BCUT2D eigenvalue weighted by molar-refractivity contribution is 6.39. The van der Waals surface area contributed by atoms with Crippen molar-refractivity contribution in [2.75, 3.05) is 4.90 Å². The van der Waals surface area contributed by atoms with Gasteiger partial charge < -0.3 is 9.47 Å². The molecule has 1 N–H and O–H groups in total. The molecule has 0 spiro atoms. The first-order valence-electron chi connectivity index (χ1n) is 12.9. The van der Waals surface area contributed by atoms with Crippen LogP contribution in [0.3, 0.4) is 0 Å². The zero-order valence-electron chi connectivity index (χ0n) is 22.5. The minimum Gasteiger partial charge on any atom is -0.489 e. The molecule has 4 aromatic carbocycles. The Kier molecular flexibility index (Phi) is 8.17. The summed E-state index contributed by atoms with van der Waals surface area (Å²) in [5.41, 5.74) is 4.71. The minimum absolute atomic E-state index is 0.229. The largest absolute Gasteiger partial charge is 0.489 e. The van der Waals surface area contributed by atoms with Gasteiger partial charge in [-0.05, 0) is 73.5 Å². The number of urea groups is 1. The van der Waals surface area contributed by atoms with Crippen LogP contribution in [0.15, 0.2) is 96.6 Å². The number of hydrogen-bond donors (Lipinski definition) is 1. The number of hydrogen-bond acceptors (Lipinski definition) is 5. The van der Waals surface area contributed by atoms with Gasteiger partial charge >= 0.3 is 6.03 Å². The molecule has 7 nitrogen and oxygen atoms in total. The van der Waals surface area contributed by atoms with Gasteiger partial charge in [0.1, 0.15) is 30.3 Å². The van der Waals surface area contributed by atoms with E-state index in [1.165, 1.54) is 6.08 Å². The van der Waals surface area contributed by atoms with Crippen LogP contribution < -0.4 is 19.7 Å². The number of amides is 4. The average molecular weight is 567 g/mol. The van der Waals surface area contributed by atoms with Crippen molar-refractivity contribution < 1.29 is 23.9 Å². The van der Waals surface area contributed by atoms with E-state index in [0.29, 0.717) is 28.7 Å². The fourth-order valence-corrected chi connectivity index (χ4v) is 4.74. The van der Waals surface area contributed by atoms with Crippen LogP contribution in [-0.2, 0) is 22.8 Å². The van der Waals surface area contributed by atoms with Crippen LogP contribution in [0.5, 0.6) is 11.5 Å². The number of benzene rings is 4. The van der Waals surface area contributed by atoms with Gasteiger partial charge in [0.15, 0.2) is 0 Å². The lowest BCUT2D eigenvalue weighted by Crippen LogP contribution is -2.54. The molecule has 8 heteroatoms. The van der Waals surface area contributed by atoms with Crippen LogP contribution in [0.25, 0.3) is 6.08 Å². The standard InChI is InChI=1S/C33H27ClN2O5/c1-21-14-22(2)16-24(15-21)20-41-30-13-8-26(34)17-25(30)18-29-31(37)35-33(39)36(32(29)38)27-9-11-28(12-10-27)40-19-23-6-4-3-5-7-23/h3-18H,19-20H2,1-2H3,(H,35,37,39)/b29-18+. The van der Waals surface area contributed by atoms with Crippen molar-refractivity contribution in [3.63, 3.8) is 0 Å². The summed E-state index contributed by atoms with van der Waals surface area (Å²) in [6.07, 6.45) is 1.39. The van der Waals surface area contributed by atoms with E-state index in [2.05, 4.69) is 11.4 Å². The summed E-state index contributed by atoms with van der Waals surface area (Å²) in [4.78, 5) is 39.9. The minimum atomic E-state index is -0.840. The van der Waals surface area contributed by atoms with E-state index in [0.717, 1.165) is 27.2 Å². The van der Waals surface area contributed by atoms with Gasteiger partial charge in [-0.15, -0.1) is 0 Å². The number of nitrogens with zero attached hydrogens (tertiary/aromatic N) is 1. The summed E-state index contributed by atoms with van der Waals surface area (Å²) in [5.74, 6) is -0.569. The summed E-state index contributed by atoms with van der Waals surface area (Å²) in [6.45, 7) is 4.68. The molecule has 0 radical (unpaired) electrons. The maximum Gasteiger partial charge on any atom is 0.335 e. The summed E-state index contributed by atoms with van der Waals surface area (Å²) < 4.78 is 11.9. The molecule has 1 heterocycles. The Hall–Kier alpha value is -4.88. The number of nitrogens with one attached hydrogen (secondary N) is 1. The second-order valence-corrected chi connectivity index (χ2v) is 10.1. The second kappa shape index (κ2) is 12.1. The van der Waals surface area contributed by atoms with Gasteiger partial charge in [-0.3, -0.25) is 14.9 Å². The molecule has 0 bridgehead atoms. The highest BCUT2D eigenvalue weighted by atomic mass is 35.5. The fourth-order valence-electron chi connectivity index (χ4n) is 4.56. The van der Waals surface area contributed by atoms with Gasteiger partial charge in [-0.25, -0.2) is 9.69 Å². The summed E-state index contributed by atoms with van der Waals surface area (Å²) in [5, 5.41) is 2.65. The molecule has 1 aliphatic heterocycles. The number of carbonyl (C=O) groups excluding carboxylic acids is 3. The maximum absolute atomic E-state index is 13.5. The van der Waals surface area contributed by atoms with Crippen LogP contribution in [0.2, 0.25) is 5.02 Å². The zero-order chi connectivity index (χ0) is 28.9. The lowest BCUT2D eigenvalue weighted by Gasteiger charge is -2.26. The molecule has 0 saturated carbocycles.